The molecule has 3 N–H and O–H groups in total. The number of carbonyl (C=O) groups excluding carboxylic acids is 1. The molecule has 1 amide bonds. The molecule has 0 aliphatic rings. The van der Waals surface area contributed by atoms with Gasteiger partial charge in [0.25, 0.3) is 5.69 Å². The van der Waals surface area contributed by atoms with Crippen molar-refractivity contribution in [2.45, 2.75) is 19.8 Å². The molecule has 0 unspecified atom stereocenters. The lowest BCUT2D eigenvalue weighted by Gasteiger charge is -2.15. The summed E-state index contributed by atoms with van der Waals surface area (Å²) in [5, 5.41) is 16.9. The highest BCUT2D eigenvalue weighted by molar-refractivity contribution is 7.92. The van der Waals surface area contributed by atoms with E-state index in [-0.39, 0.29) is 36.1 Å². The van der Waals surface area contributed by atoms with E-state index in [1.807, 2.05) is 6.92 Å². The zero-order valence-electron chi connectivity index (χ0n) is 17.1. The van der Waals surface area contributed by atoms with Gasteiger partial charge in [-0.2, -0.15) is 0 Å². The lowest BCUT2D eigenvalue weighted by atomic mass is 10.2. The van der Waals surface area contributed by atoms with Gasteiger partial charge in [-0.1, -0.05) is 31.5 Å². The lowest BCUT2D eigenvalue weighted by molar-refractivity contribution is -0.384. The van der Waals surface area contributed by atoms with Gasteiger partial charge in [-0.05, 0) is 31.2 Å². The van der Waals surface area contributed by atoms with Gasteiger partial charge in [0, 0.05) is 0 Å². The van der Waals surface area contributed by atoms with Gasteiger partial charge in [-0.25, -0.2) is 8.42 Å². The van der Waals surface area contributed by atoms with Gasteiger partial charge in [-0.3, -0.25) is 19.6 Å². The molecular weight excluding hydrogens is 448 g/mol. The number of unbranched alkanes of at least 4 members (excludes halogenated alkanes) is 1. The molecule has 0 spiro atoms. The first kappa shape index (κ1) is 26.1. The Morgan fingerprint density at radius 3 is 2.42 bits per heavy atom. The van der Waals surface area contributed by atoms with Crippen LogP contribution in [0.4, 0.5) is 17.1 Å². The van der Waals surface area contributed by atoms with Crippen LogP contribution in [0.3, 0.4) is 0 Å². The average molecular weight is 473 g/mol. The van der Waals surface area contributed by atoms with Crippen LogP contribution in [0.2, 0.25) is 0 Å². The number of rotatable bonds is 11. The fourth-order valence-electron chi connectivity index (χ4n) is 2.50. The SMILES string of the molecule is CCCCNCC(=O)Nc1cc(NS(C)(=O)=O)c(Oc2ccccc2)cc1[N+](=O)[O-].Cl. The van der Waals surface area contributed by atoms with Gasteiger partial charge in [0.15, 0.2) is 5.75 Å². The van der Waals surface area contributed by atoms with Crippen LogP contribution in [-0.2, 0) is 14.8 Å². The zero-order valence-corrected chi connectivity index (χ0v) is 18.7. The summed E-state index contributed by atoms with van der Waals surface area (Å²) in [5.74, 6) is -0.200. The van der Waals surface area contributed by atoms with E-state index in [4.69, 9.17) is 4.74 Å². The average Bonchev–Trinajstić information content (AvgIpc) is 2.66. The maximum Gasteiger partial charge on any atom is 0.296 e. The second-order valence-corrected chi connectivity index (χ2v) is 8.24. The number of amides is 1. The number of nitro benzene ring substituents is 1. The van der Waals surface area contributed by atoms with Crippen LogP contribution >= 0.6 is 12.4 Å². The van der Waals surface area contributed by atoms with Crippen LogP contribution < -0.4 is 20.1 Å². The van der Waals surface area contributed by atoms with Gasteiger partial charge in [-0.15, -0.1) is 12.4 Å². The third kappa shape index (κ3) is 8.79. The summed E-state index contributed by atoms with van der Waals surface area (Å²) >= 11 is 0. The highest BCUT2D eigenvalue weighted by Gasteiger charge is 2.22. The summed E-state index contributed by atoms with van der Waals surface area (Å²) in [6.07, 6.45) is 2.79. The molecule has 0 saturated heterocycles. The predicted molar refractivity (Wildman–Crippen MR) is 122 cm³/mol. The largest absolute Gasteiger partial charge is 0.455 e. The van der Waals surface area contributed by atoms with Crippen molar-refractivity contribution in [3.05, 3.63) is 52.6 Å². The first-order valence-corrected chi connectivity index (χ1v) is 11.1. The summed E-state index contributed by atoms with van der Waals surface area (Å²) < 4.78 is 31.4. The second kappa shape index (κ2) is 12.1. The number of sulfonamides is 1. The van der Waals surface area contributed by atoms with Gasteiger partial charge in [0.2, 0.25) is 15.9 Å². The molecule has 10 nitrogen and oxygen atoms in total. The Labute approximate surface area is 187 Å². The van der Waals surface area contributed by atoms with E-state index in [9.17, 15) is 23.3 Å². The standard InChI is InChI=1S/C19H24N4O6S.ClH/c1-3-4-10-20-13-19(24)21-15-11-16(22-30(2,27)28)18(12-17(15)23(25)26)29-14-8-6-5-7-9-14;/h5-9,11-12,20,22H,3-4,10,13H2,1-2H3,(H,21,24);1H. The van der Waals surface area contributed by atoms with Crippen LogP contribution in [0.5, 0.6) is 11.5 Å². The van der Waals surface area contributed by atoms with E-state index < -0.39 is 26.5 Å². The zero-order chi connectivity index (χ0) is 22.1. The lowest BCUT2D eigenvalue weighted by Crippen LogP contribution is -2.29. The summed E-state index contributed by atoms with van der Waals surface area (Å²) in [6.45, 7) is 2.62. The number of benzene rings is 2. The predicted octanol–water partition coefficient (Wildman–Crippen LogP) is 3.51. The van der Waals surface area contributed by atoms with E-state index in [1.165, 1.54) is 6.07 Å². The van der Waals surface area contributed by atoms with E-state index in [0.717, 1.165) is 25.2 Å². The van der Waals surface area contributed by atoms with E-state index >= 15 is 0 Å². The van der Waals surface area contributed by atoms with Gasteiger partial charge in [0.1, 0.15) is 11.4 Å². The summed E-state index contributed by atoms with van der Waals surface area (Å²) in [6, 6.07) is 10.6. The third-order valence-electron chi connectivity index (χ3n) is 3.83. The van der Waals surface area contributed by atoms with Crippen molar-refractivity contribution in [3.63, 3.8) is 0 Å². The monoisotopic (exact) mass is 472 g/mol. The molecule has 31 heavy (non-hydrogen) atoms. The van der Waals surface area contributed by atoms with Crippen molar-refractivity contribution in [3.8, 4) is 11.5 Å². The Hall–Kier alpha value is -2.89. The van der Waals surface area contributed by atoms with Crippen molar-refractivity contribution in [2.75, 3.05) is 29.4 Å². The number of hydrogen-bond donors (Lipinski definition) is 3. The molecule has 0 radical (unpaired) electrons. The van der Waals surface area contributed by atoms with Crippen molar-refractivity contribution in [1.29, 1.82) is 0 Å². The fraction of sp³-hybridized carbons (Fsp3) is 0.316. The molecule has 0 saturated carbocycles. The van der Waals surface area contributed by atoms with E-state index in [2.05, 4.69) is 15.4 Å². The number of ether oxygens (including phenoxy) is 1. The smallest absolute Gasteiger partial charge is 0.296 e. The summed E-state index contributed by atoms with van der Waals surface area (Å²) in [5.41, 5.74) is -0.614. The molecule has 0 fully saturated rings. The number of nitrogens with one attached hydrogen (secondary N) is 3. The number of nitrogens with zero attached hydrogens (tertiary/aromatic N) is 1. The van der Waals surface area contributed by atoms with Gasteiger partial charge >= 0.3 is 0 Å². The minimum atomic E-state index is -3.72. The van der Waals surface area contributed by atoms with E-state index in [1.54, 1.807) is 30.3 Å². The molecule has 2 aromatic carbocycles. The summed E-state index contributed by atoms with van der Waals surface area (Å²) in [4.78, 5) is 23.0. The normalized spacial score (nSPS) is 10.6. The van der Waals surface area contributed by atoms with E-state index in [0.29, 0.717) is 12.3 Å². The first-order chi connectivity index (χ1) is 14.2. The Morgan fingerprint density at radius 2 is 1.84 bits per heavy atom. The fourth-order valence-corrected chi connectivity index (χ4v) is 3.06. The van der Waals surface area contributed by atoms with Crippen LogP contribution in [0.25, 0.3) is 0 Å². The van der Waals surface area contributed by atoms with Crippen LogP contribution in [0.15, 0.2) is 42.5 Å². The molecule has 0 aliphatic carbocycles. The summed E-state index contributed by atoms with van der Waals surface area (Å²) in [7, 11) is -3.72. The third-order valence-corrected chi connectivity index (χ3v) is 4.42. The molecule has 12 heteroatoms. The first-order valence-electron chi connectivity index (χ1n) is 9.23. The second-order valence-electron chi connectivity index (χ2n) is 6.49. The Kier molecular flexibility index (Phi) is 10.2. The highest BCUT2D eigenvalue weighted by atomic mass is 35.5. The topological polar surface area (TPSA) is 140 Å². The Balaban J connectivity index is 0.00000480. The molecule has 0 bridgehead atoms. The minimum absolute atomic E-state index is 0. The maximum atomic E-state index is 12.2. The van der Waals surface area contributed by atoms with Crippen LogP contribution in [0.1, 0.15) is 19.8 Å². The number of nitro groups is 1. The highest BCUT2D eigenvalue weighted by Crippen LogP contribution is 2.39. The molecule has 2 aromatic rings. The minimum Gasteiger partial charge on any atom is -0.455 e. The number of halogens is 1. The number of carbonyl (C=O) groups is 1. The van der Waals surface area contributed by atoms with Crippen LogP contribution in [0, 0.1) is 10.1 Å². The number of hydrogen-bond acceptors (Lipinski definition) is 7. The molecule has 0 atom stereocenters. The van der Waals surface area contributed by atoms with Crippen molar-refractivity contribution in [1.82, 2.24) is 5.32 Å². The Morgan fingerprint density at radius 1 is 1.16 bits per heavy atom. The number of para-hydroxylation sites is 1. The molecule has 0 heterocycles. The van der Waals surface area contributed by atoms with Gasteiger partial charge < -0.3 is 15.4 Å². The quantitative estimate of drug-likeness (QED) is 0.258. The van der Waals surface area contributed by atoms with Crippen molar-refractivity contribution in [2.24, 2.45) is 0 Å². The van der Waals surface area contributed by atoms with Gasteiger partial charge in [0.05, 0.1) is 29.5 Å². The van der Waals surface area contributed by atoms with Crippen LogP contribution in [-0.4, -0.2) is 38.6 Å². The molecular formula is C19H25ClN4O6S. The van der Waals surface area contributed by atoms with Crippen molar-refractivity contribution < 1.29 is 22.9 Å². The Bertz CT molecular complexity index is 1000. The molecule has 170 valence electrons. The molecule has 2 rings (SSSR count). The molecule has 0 aliphatic heterocycles. The maximum absolute atomic E-state index is 12.2. The number of anilines is 2. The molecule has 0 aromatic heterocycles. The van der Waals surface area contributed by atoms with Crippen molar-refractivity contribution >= 4 is 45.4 Å².